The molecule has 0 aromatic heterocycles. The fourth-order valence-corrected chi connectivity index (χ4v) is 3.55. The topological polar surface area (TPSA) is 35.9 Å². The molecule has 3 rings (SSSR count). The molecule has 0 N–H and O–H groups in total. The Hall–Kier alpha value is -1.88. The molecule has 2 aromatic rings. The first-order chi connectivity index (χ1) is 12.5. The van der Waals surface area contributed by atoms with Crippen molar-refractivity contribution in [3.05, 3.63) is 69.7 Å². The SMILES string of the molecule is C[C@@H](c1ccc(Cl)cc1Cl)N(C)CC(=O)N1CCC(c2ccccc2)=N1. The summed E-state index contributed by atoms with van der Waals surface area (Å²) in [5.41, 5.74) is 2.97. The molecule has 4 nitrogen and oxygen atoms in total. The number of carbonyl (C=O) groups is 1. The highest BCUT2D eigenvalue weighted by molar-refractivity contribution is 6.35. The van der Waals surface area contributed by atoms with Crippen molar-refractivity contribution in [2.45, 2.75) is 19.4 Å². The Morgan fingerprint density at radius 3 is 2.65 bits per heavy atom. The Kier molecular flexibility index (Phi) is 5.97. The molecule has 0 aliphatic carbocycles. The number of benzene rings is 2. The normalized spacial score (nSPS) is 15.3. The van der Waals surface area contributed by atoms with E-state index in [2.05, 4.69) is 5.10 Å². The van der Waals surface area contributed by atoms with Crippen LogP contribution >= 0.6 is 23.2 Å². The summed E-state index contributed by atoms with van der Waals surface area (Å²) < 4.78 is 0. The second-order valence-electron chi connectivity index (χ2n) is 6.44. The summed E-state index contributed by atoms with van der Waals surface area (Å²) in [6.45, 7) is 2.91. The highest BCUT2D eigenvalue weighted by Gasteiger charge is 2.24. The third-order valence-electron chi connectivity index (χ3n) is 4.66. The second kappa shape index (κ2) is 8.21. The van der Waals surface area contributed by atoms with Crippen LogP contribution in [0.25, 0.3) is 0 Å². The first kappa shape index (κ1) is 18.9. The van der Waals surface area contributed by atoms with Crippen LogP contribution in [0.4, 0.5) is 0 Å². The van der Waals surface area contributed by atoms with E-state index in [9.17, 15) is 4.79 Å². The lowest BCUT2D eigenvalue weighted by molar-refractivity contribution is -0.132. The number of hydrogen-bond donors (Lipinski definition) is 0. The van der Waals surface area contributed by atoms with Crippen LogP contribution in [0.15, 0.2) is 53.6 Å². The smallest absolute Gasteiger partial charge is 0.256 e. The quantitative estimate of drug-likeness (QED) is 0.747. The number of nitrogens with zero attached hydrogens (tertiary/aromatic N) is 3. The summed E-state index contributed by atoms with van der Waals surface area (Å²) >= 11 is 12.3. The molecule has 1 atom stereocenters. The zero-order valence-electron chi connectivity index (χ0n) is 14.8. The van der Waals surface area contributed by atoms with Crippen LogP contribution in [0.5, 0.6) is 0 Å². The Balaban J connectivity index is 1.65. The van der Waals surface area contributed by atoms with Gasteiger partial charge in [-0.05, 0) is 37.2 Å². The van der Waals surface area contributed by atoms with Crippen molar-refractivity contribution < 1.29 is 4.79 Å². The molecule has 0 saturated carbocycles. The van der Waals surface area contributed by atoms with Gasteiger partial charge in [0.25, 0.3) is 5.91 Å². The highest BCUT2D eigenvalue weighted by atomic mass is 35.5. The molecule has 26 heavy (non-hydrogen) atoms. The third kappa shape index (κ3) is 4.26. The molecular weight excluding hydrogens is 369 g/mol. The van der Waals surface area contributed by atoms with Crippen molar-refractivity contribution in [2.75, 3.05) is 20.1 Å². The number of halogens is 2. The lowest BCUT2D eigenvalue weighted by atomic mass is 10.1. The maximum Gasteiger partial charge on any atom is 0.256 e. The average molecular weight is 390 g/mol. The minimum absolute atomic E-state index is 0.0103. The summed E-state index contributed by atoms with van der Waals surface area (Å²) in [6.07, 6.45) is 0.776. The Bertz CT molecular complexity index is 823. The van der Waals surface area contributed by atoms with Gasteiger partial charge in [0.15, 0.2) is 0 Å². The van der Waals surface area contributed by atoms with Gasteiger partial charge in [0.2, 0.25) is 0 Å². The van der Waals surface area contributed by atoms with Crippen molar-refractivity contribution in [1.29, 1.82) is 0 Å². The van der Waals surface area contributed by atoms with Crippen LogP contribution in [0.3, 0.4) is 0 Å². The molecule has 6 heteroatoms. The molecule has 0 saturated heterocycles. The van der Waals surface area contributed by atoms with Gasteiger partial charge in [-0.1, -0.05) is 59.6 Å². The molecule has 0 fully saturated rings. The van der Waals surface area contributed by atoms with Gasteiger partial charge < -0.3 is 0 Å². The minimum atomic E-state index is -0.0182. The molecule has 0 unspecified atom stereocenters. The monoisotopic (exact) mass is 389 g/mol. The molecule has 0 spiro atoms. The van der Waals surface area contributed by atoms with E-state index < -0.39 is 0 Å². The van der Waals surface area contributed by atoms with Gasteiger partial charge in [0.05, 0.1) is 18.8 Å². The van der Waals surface area contributed by atoms with E-state index in [0.29, 0.717) is 16.6 Å². The van der Waals surface area contributed by atoms with E-state index >= 15 is 0 Å². The van der Waals surface area contributed by atoms with Gasteiger partial charge in [-0.15, -0.1) is 0 Å². The van der Waals surface area contributed by atoms with E-state index in [4.69, 9.17) is 23.2 Å². The van der Waals surface area contributed by atoms with Crippen molar-refractivity contribution >= 4 is 34.8 Å². The zero-order chi connectivity index (χ0) is 18.7. The first-order valence-corrected chi connectivity index (χ1v) is 9.29. The van der Waals surface area contributed by atoms with Gasteiger partial charge in [-0.3, -0.25) is 9.69 Å². The van der Waals surface area contributed by atoms with Gasteiger partial charge in [0, 0.05) is 22.5 Å². The van der Waals surface area contributed by atoms with Crippen LogP contribution in [-0.2, 0) is 4.79 Å². The van der Waals surface area contributed by atoms with Gasteiger partial charge in [0.1, 0.15) is 0 Å². The summed E-state index contributed by atoms with van der Waals surface area (Å²) in [5, 5.41) is 7.28. The molecule has 1 aliphatic rings. The number of hydrogen-bond acceptors (Lipinski definition) is 3. The number of hydrazone groups is 1. The van der Waals surface area contributed by atoms with Gasteiger partial charge in [-0.25, -0.2) is 5.01 Å². The number of rotatable bonds is 5. The van der Waals surface area contributed by atoms with Crippen molar-refractivity contribution in [3.63, 3.8) is 0 Å². The van der Waals surface area contributed by atoms with E-state index in [1.54, 1.807) is 11.1 Å². The Labute approximate surface area is 164 Å². The van der Waals surface area contributed by atoms with E-state index in [1.165, 1.54) is 0 Å². The molecule has 0 bridgehead atoms. The number of carbonyl (C=O) groups excluding carboxylic acids is 1. The van der Waals surface area contributed by atoms with Crippen molar-refractivity contribution in [1.82, 2.24) is 9.91 Å². The standard InChI is InChI=1S/C20H21Cl2N3O/c1-14(17-9-8-16(21)12-18(17)22)24(2)13-20(26)25-11-10-19(23-25)15-6-4-3-5-7-15/h3-9,12,14H,10-11,13H2,1-2H3/t14-/m0/s1. The predicted molar refractivity (Wildman–Crippen MR) is 107 cm³/mol. The van der Waals surface area contributed by atoms with Crippen LogP contribution in [-0.4, -0.2) is 41.7 Å². The van der Waals surface area contributed by atoms with Crippen LogP contribution in [0.1, 0.15) is 30.5 Å². The lowest BCUT2D eigenvalue weighted by Gasteiger charge is -2.26. The zero-order valence-corrected chi connectivity index (χ0v) is 16.3. The number of amides is 1. The van der Waals surface area contributed by atoms with E-state index in [0.717, 1.165) is 23.3 Å². The van der Waals surface area contributed by atoms with Gasteiger partial charge in [-0.2, -0.15) is 5.10 Å². The lowest BCUT2D eigenvalue weighted by Crippen LogP contribution is -2.36. The van der Waals surface area contributed by atoms with Gasteiger partial charge >= 0.3 is 0 Å². The Morgan fingerprint density at radius 1 is 1.23 bits per heavy atom. The molecule has 0 radical (unpaired) electrons. The molecule has 136 valence electrons. The summed E-state index contributed by atoms with van der Waals surface area (Å²) in [5.74, 6) is -0.0182. The molecule has 1 aliphatic heterocycles. The van der Waals surface area contributed by atoms with Crippen LogP contribution in [0.2, 0.25) is 10.0 Å². The average Bonchev–Trinajstić information content (AvgIpc) is 3.12. The molecular formula is C20H21Cl2N3O. The maximum atomic E-state index is 12.6. The molecule has 1 heterocycles. The summed E-state index contributed by atoms with van der Waals surface area (Å²) in [4.78, 5) is 14.6. The third-order valence-corrected chi connectivity index (χ3v) is 5.22. The second-order valence-corrected chi connectivity index (χ2v) is 7.28. The van der Waals surface area contributed by atoms with Crippen molar-refractivity contribution in [3.8, 4) is 0 Å². The van der Waals surface area contributed by atoms with Crippen LogP contribution < -0.4 is 0 Å². The minimum Gasteiger partial charge on any atom is -0.291 e. The van der Waals surface area contributed by atoms with E-state index in [-0.39, 0.29) is 18.5 Å². The van der Waals surface area contributed by atoms with Crippen LogP contribution in [0, 0.1) is 0 Å². The number of likely N-dealkylation sites (N-methyl/N-ethyl adjacent to an activating group) is 1. The summed E-state index contributed by atoms with van der Waals surface area (Å²) in [6, 6.07) is 15.4. The highest BCUT2D eigenvalue weighted by Crippen LogP contribution is 2.29. The summed E-state index contributed by atoms with van der Waals surface area (Å²) in [7, 11) is 1.91. The van der Waals surface area contributed by atoms with Crippen molar-refractivity contribution in [2.24, 2.45) is 5.10 Å². The fourth-order valence-electron chi connectivity index (χ4n) is 2.98. The fraction of sp³-hybridized carbons (Fsp3) is 0.300. The predicted octanol–water partition coefficient (Wildman–Crippen LogP) is 4.62. The molecule has 1 amide bonds. The largest absolute Gasteiger partial charge is 0.291 e. The molecule has 2 aromatic carbocycles. The maximum absolute atomic E-state index is 12.6. The van der Waals surface area contributed by atoms with E-state index in [1.807, 2.05) is 61.3 Å². The Morgan fingerprint density at radius 2 is 1.96 bits per heavy atom. The first-order valence-electron chi connectivity index (χ1n) is 8.54.